The normalized spacial score (nSPS) is 33.0. The van der Waals surface area contributed by atoms with Crippen molar-refractivity contribution in [2.75, 3.05) is 6.54 Å². The molecule has 112 valence electrons. The van der Waals surface area contributed by atoms with Gasteiger partial charge in [0.05, 0.1) is 5.41 Å². The topological polar surface area (TPSA) is 69.6 Å². The Labute approximate surface area is 119 Å². The van der Waals surface area contributed by atoms with Gasteiger partial charge in [-0.15, -0.1) is 0 Å². The second-order valence-corrected chi connectivity index (χ2v) is 6.94. The molecule has 5 nitrogen and oxygen atoms in total. The van der Waals surface area contributed by atoms with Crippen LogP contribution in [0.25, 0.3) is 0 Å². The SMILES string of the molecule is CC1(C(=O)O)CCCC1NC(=O)N(CC1CC1)C1CC1. The summed E-state index contributed by atoms with van der Waals surface area (Å²) >= 11 is 0. The van der Waals surface area contributed by atoms with E-state index in [1.807, 2.05) is 4.90 Å². The first-order valence-corrected chi connectivity index (χ1v) is 7.81. The van der Waals surface area contributed by atoms with Crippen molar-refractivity contribution >= 4 is 12.0 Å². The summed E-state index contributed by atoms with van der Waals surface area (Å²) in [5.41, 5.74) is -0.801. The molecule has 3 aliphatic carbocycles. The number of hydrogen-bond donors (Lipinski definition) is 2. The maximum Gasteiger partial charge on any atom is 0.317 e. The summed E-state index contributed by atoms with van der Waals surface area (Å²) < 4.78 is 0. The first kappa shape index (κ1) is 13.7. The highest BCUT2D eigenvalue weighted by Crippen LogP contribution is 2.39. The summed E-state index contributed by atoms with van der Waals surface area (Å²) in [4.78, 5) is 25.9. The third-order valence-electron chi connectivity index (χ3n) is 5.14. The van der Waals surface area contributed by atoms with Crippen LogP contribution in [0.1, 0.15) is 51.9 Å². The van der Waals surface area contributed by atoms with Crippen molar-refractivity contribution in [1.29, 1.82) is 0 Å². The largest absolute Gasteiger partial charge is 0.481 e. The van der Waals surface area contributed by atoms with Crippen LogP contribution in [-0.2, 0) is 4.79 Å². The fourth-order valence-electron chi connectivity index (χ4n) is 3.25. The summed E-state index contributed by atoms with van der Waals surface area (Å²) in [6.45, 7) is 2.61. The molecule has 3 aliphatic rings. The molecule has 0 heterocycles. The smallest absolute Gasteiger partial charge is 0.317 e. The van der Waals surface area contributed by atoms with Crippen molar-refractivity contribution in [3.63, 3.8) is 0 Å². The highest BCUT2D eigenvalue weighted by Gasteiger charge is 2.47. The number of urea groups is 1. The lowest BCUT2D eigenvalue weighted by atomic mass is 9.85. The maximum absolute atomic E-state index is 12.5. The lowest BCUT2D eigenvalue weighted by Crippen LogP contribution is -2.52. The Morgan fingerprint density at radius 3 is 2.50 bits per heavy atom. The molecule has 2 unspecified atom stereocenters. The minimum Gasteiger partial charge on any atom is -0.481 e. The van der Waals surface area contributed by atoms with Crippen molar-refractivity contribution in [1.82, 2.24) is 10.2 Å². The van der Waals surface area contributed by atoms with Gasteiger partial charge in [-0.3, -0.25) is 4.79 Å². The van der Waals surface area contributed by atoms with Crippen LogP contribution in [0, 0.1) is 11.3 Å². The van der Waals surface area contributed by atoms with Crippen LogP contribution < -0.4 is 5.32 Å². The van der Waals surface area contributed by atoms with E-state index in [-0.39, 0.29) is 12.1 Å². The van der Waals surface area contributed by atoms with E-state index in [1.165, 1.54) is 12.8 Å². The minimum atomic E-state index is -0.801. The van der Waals surface area contributed by atoms with Crippen LogP contribution in [0.15, 0.2) is 0 Å². The molecular weight excluding hydrogens is 256 g/mol. The van der Waals surface area contributed by atoms with Crippen molar-refractivity contribution in [2.24, 2.45) is 11.3 Å². The molecule has 2 amide bonds. The fraction of sp³-hybridized carbons (Fsp3) is 0.867. The van der Waals surface area contributed by atoms with E-state index in [9.17, 15) is 14.7 Å². The van der Waals surface area contributed by atoms with E-state index in [4.69, 9.17) is 0 Å². The second-order valence-electron chi connectivity index (χ2n) is 6.94. The van der Waals surface area contributed by atoms with Gasteiger partial charge in [0.2, 0.25) is 0 Å². The highest BCUT2D eigenvalue weighted by molar-refractivity contribution is 5.79. The third-order valence-corrected chi connectivity index (χ3v) is 5.14. The van der Waals surface area contributed by atoms with Gasteiger partial charge in [0.1, 0.15) is 0 Å². The maximum atomic E-state index is 12.5. The van der Waals surface area contributed by atoms with Crippen molar-refractivity contribution in [2.45, 2.75) is 64.0 Å². The monoisotopic (exact) mass is 280 g/mol. The molecule has 0 aliphatic heterocycles. The van der Waals surface area contributed by atoms with Crippen LogP contribution in [0.3, 0.4) is 0 Å². The number of carbonyl (C=O) groups excluding carboxylic acids is 1. The molecule has 0 saturated heterocycles. The highest BCUT2D eigenvalue weighted by atomic mass is 16.4. The molecule has 3 fully saturated rings. The van der Waals surface area contributed by atoms with Crippen LogP contribution in [0.2, 0.25) is 0 Å². The Hall–Kier alpha value is -1.26. The van der Waals surface area contributed by atoms with E-state index in [2.05, 4.69) is 5.32 Å². The van der Waals surface area contributed by atoms with E-state index in [0.29, 0.717) is 18.4 Å². The Morgan fingerprint density at radius 2 is 1.95 bits per heavy atom. The predicted molar refractivity (Wildman–Crippen MR) is 74.4 cm³/mol. The first-order chi connectivity index (χ1) is 9.50. The molecule has 20 heavy (non-hydrogen) atoms. The van der Waals surface area contributed by atoms with Crippen molar-refractivity contribution in [3.8, 4) is 0 Å². The number of carboxylic acid groups (broad SMARTS) is 1. The number of carboxylic acids is 1. The molecule has 2 N–H and O–H groups in total. The molecule has 0 aromatic rings. The zero-order valence-corrected chi connectivity index (χ0v) is 12.1. The first-order valence-electron chi connectivity index (χ1n) is 7.81. The zero-order chi connectivity index (χ0) is 14.3. The molecule has 0 aromatic carbocycles. The number of amides is 2. The van der Waals surface area contributed by atoms with Crippen LogP contribution >= 0.6 is 0 Å². The average Bonchev–Trinajstić information content (AvgIpc) is 3.28. The summed E-state index contributed by atoms with van der Waals surface area (Å²) in [7, 11) is 0. The molecule has 5 heteroatoms. The molecular formula is C15H24N2O3. The number of hydrogen-bond acceptors (Lipinski definition) is 2. The Balaban J connectivity index is 1.63. The molecule has 0 aromatic heterocycles. The molecule has 3 rings (SSSR count). The predicted octanol–water partition coefficient (Wildman–Crippen LogP) is 2.21. The number of carbonyl (C=O) groups is 2. The molecule has 3 saturated carbocycles. The molecule has 2 atom stereocenters. The molecule has 0 radical (unpaired) electrons. The second kappa shape index (κ2) is 4.93. The summed E-state index contributed by atoms with van der Waals surface area (Å²) in [6.07, 6.45) is 6.96. The fourth-order valence-corrected chi connectivity index (χ4v) is 3.25. The van der Waals surface area contributed by atoms with Gasteiger partial charge in [0.25, 0.3) is 0 Å². The van der Waals surface area contributed by atoms with E-state index >= 15 is 0 Å². The van der Waals surface area contributed by atoms with Gasteiger partial charge in [0, 0.05) is 18.6 Å². The van der Waals surface area contributed by atoms with E-state index in [1.54, 1.807) is 6.92 Å². The lowest BCUT2D eigenvalue weighted by Gasteiger charge is -2.31. The van der Waals surface area contributed by atoms with Crippen LogP contribution in [0.5, 0.6) is 0 Å². The van der Waals surface area contributed by atoms with Gasteiger partial charge in [-0.1, -0.05) is 6.42 Å². The molecule has 0 bridgehead atoms. The summed E-state index contributed by atoms with van der Waals surface area (Å²) in [5.74, 6) is -0.115. The van der Waals surface area contributed by atoms with Gasteiger partial charge in [-0.25, -0.2) is 4.79 Å². The van der Waals surface area contributed by atoms with Crippen molar-refractivity contribution in [3.05, 3.63) is 0 Å². The van der Waals surface area contributed by atoms with E-state index < -0.39 is 11.4 Å². The third kappa shape index (κ3) is 2.63. The van der Waals surface area contributed by atoms with Crippen molar-refractivity contribution < 1.29 is 14.7 Å². The van der Waals surface area contributed by atoms with Gasteiger partial charge in [0.15, 0.2) is 0 Å². The minimum absolute atomic E-state index is 0.0428. The Bertz CT molecular complexity index is 417. The number of nitrogens with one attached hydrogen (secondary N) is 1. The Kier molecular flexibility index (Phi) is 3.38. The average molecular weight is 280 g/mol. The van der Waals surface area contributed by atoms with E-state index in [0.717, 1.165) is 32.2 Å². The quantitative estimate of drug-likeness (QED) is 0.811. The molecule has 0 spiro atoms. The van der Waals surface area contributed by atoms with Gasteiger partial charge in [-0.2, -0.15) is 0 Å². The lowest BCUT2D eigenvalue weighted by molar-refractivity contribution is -0.148. The van der Waals surface area contributed by atoms with Gasteiger partial charge < -0.3 is 15.3 Å². The van der Waals surface area contributed by atoms with Gasteiger partial charge in [-0.05, 0) is 51.4 Å². The number of rotatable bonds is 5. The Morgan fingerprint density at radius 1 is 1.25 bits per heavy atom. The zero-order valence-electron chi connectivity index (χ0n) is 12.1. The summed E-state index contributed by atoms with van der Waals surface area (Å²) in [5, 5.41) is 12.4. The number of nitrogens with zero attached hydrogens (tertiary/aromatic N) is 1. The number of aliphatic carboxylic acids is 1. The standard InChI is InChI=1S/C15H24N2O3/c1-15(13(18)19)8-2-3-12(15)16-14(20)17(11-6-7-11)9-10-4-5-10/h10-12H,2-9H2,1H3,(H,16,20)(H,18,19). The summed E-state index contributed by atoms with van der Waals surface area (Å²) in [6, 6.07) is 0.125. The van der Waals surface area contributed by atoms with Gasteiger partial charge >= 0.3 is 12.0 Å². The van der Waals surface area contributed by atoms with Crippen LogP contribution in [0.4, 0.5) is 4.79 Å². The van der Waals surface area contributed by atoms with Crippen LogP contribution in [-0.4, -0.2) is 40.6 Å².